The lowest BCUT2D eigenvalue weighted by atomic mass is 9.86. The van der Waals surface area contributed by atoms with E-state index in [1.807, 2.05) is 31.2 Å². The minimum atomic E-state index is -0.445. The maximum absolute atomic E-state index is 10.1. The SMILES string of the molecule is C#Cc1ccc(C(c2ccc(C)cc2)[C@H](C)O)cc1. The molecule has 2 atom stereocenters. The van der Waals surface area contributed by atoms with E-state index in [2.05, 4.69) is 37.1 Å². The largest absolute Gasteiger partial charge is 0.392 e. The second-order valence-electron chi connectivity index (χ2n) is 4.90. The van der Waals surface area contributed by atoms with E-state index in [0.717, 1.165) is 16.7 Å². The number of hydrogen-bond donors (Lipinski definition) is 1. The summed E-state index contributed by atoms with van der Waals surface area (Å²) in [6.07, 6.45) is 4.92. The van der Waals surface area contributed by atoms with Crippen molar-refractivity contribution in [1.29, 1.82) is 0 Å². The van der Waals surface area contributed by atoms with Gasteiger partial charge in [0.15, 0.2) is 0 Å². The van der Waals surface area contributed by atoms with E-state index in [1.165, 1.54) is 5.56 Å². The Morgan fingerprint density at radius 2 is 1.42 bits per heavy atom. The van der Waals surface area contributed by atoms with Crippen molar-refractivity contribution in [2.75, 3.05) is 0 Å². The van der Waals surface area contributed by atoms with Crippen LogP contribution < -0.4 is 0 Å². The minimum absolute atomic E-state index is 0.0209. The van der Waals surface area contributed by atoms with E-state index in [0.29, 0.717) is 0 Å². The van der Waals surface area contributed by atoms with Gasteiger partial charge >= 0.3 is 0 Å². The molecule has 0 saturated carbocycles. The highest BCUT2D eigenvalue weighted by atomic mass is 16.3. The molecule has 1 unspecified atom stereocenters. The summed E-state index contributed by atoms with van der Waals surface area (Å²) in [4.78, 5) is 0. The molecule has 0 aliphatic carbocycles. The van der Waals surface area contributed by atoms with Crippen molar-refractivity contribution in [3.63, 3.8) is 0 Å². The van der Waals surface area contributed by atoms with E-state index < -0.39 is 6.10 Å². The van der Waals surface area contributed by atoms with Crippen LogP contribution >= 0.6 is 0 Å². The van der Waals surface area contributed by atoms with Crippen molar-refractivity contribution in [2.45, 2.75) is 25.9 Å². The Kier molecular flexibility index (Phi) is 4.04. The van der Waals surface area contributed by atoms with Crippen LogP contribution in [0.2, 0.25) is 0 Å². The summed E-state index contributed by atoms with van der Waals surface area (Å²) >= 11 is 0. The first-order chi connectivity index (χ1) is 9.11. The third-order valence-corrected chi connectivity index (χ3v) is 3.36. The Morgan fingerprint density at radius 3 is 1.84 bits per heavy atom. The number of rotatable bonds is 3. The topological polar surface area (TPSA) is 20.2 Å². The molecule has 2 rings (SSSR count). The van der Waals surface area contributed by atoms with Crippen molar-refractivity contribution in [3.05, 3.63) is 70.8 Å². The average molecular weight is 250 g/mol. The van der Waals surface area contributed by atoms with Crippen LogP contribution in [0.1, 0.15) is 35.1 Å². The molecule has 2 aromatic carbocycles. The van der Waals surface area contributed by atoms with E-state index in [1.54, 1.807) is 0 Å². The lowest BCUT2D eigenvalue weighted by Crippen LogP contribution is -2.16. The fourth-order valence-corrected chi connectivity index (χ4v) is 2.31. The van der Waals surface area contributed by atoms with E-state index >= 15 is 0 Å². The maximum Gasteiger partial charge on any atom is 0.0621 e. The van der Waals surface area contributed by atoms with Crippen LogP contribution in [0.4, 0.5) is 0 Å². The summed E-state index contributed by atoms with van der Waals surface area (Å²) in [5, 5.41) is 10.1. The molecule has 0 heterocycles. The fourth-order valence-electron chi connectivity index (χ4n) is 2.31. The molecule has 0 saturated heterocycles. The van der Waals surface area contributed by atoms with Crippen LogP contribution in [0.3, 0.4) is 0 Å². The summed E-state index contributed by atoms with van der Waals surface area (Å²) in [7, 11) is 0. The van der Waals surface area contributed by atoms with Gasteiger partial charge < -0.3 is 5.11 Å². The molecule has 0 aliphatic rings. The standard InChI is InChI=1S/C18H18O/c1-4-15-7-11-17(12-8-15)18(14(3)19)16-9-5-13(2)6-10-16/h1,5-12,14,18-19H,2-3H3/t14-,18?/m0/s1. The lowest BCUT2D eigenvalue weighted by molar-refractivity contribution is 0.176. The van der Waals surface area contributed by atoms with Crippen LogP contribution in [-0.4, -0.2) is 11.2 Å². The Balaban J connectivity index is 2.39. The van der Waals surface area contributed by atoms with Gasteiger partial charge in [-0.3, -0.25) is 0 Å². The lowest BCUT2D eigenvalue weighted by Gasteiger charge is -2.21. The van der Waals surface area contributed by atoms with Crippen LogP contribution in [-0.2, 0) is 0 Å². The molecule has 0 spiro atoms. The summed E-state index contributed by atoms with van der Waals surface area (Å²) in [6.45, 7) is 3.88. The third kappa shape index (κ3) is 3.05. The van der Waals surface area contributed by atoms with E-state index in [9.17, 15) is 5.11 Å². The van der Waals surface area contributed by atoms with Gasteiger partial charge in [-0.25, -0.2) is 0 Å². The molecule has 96 valence electrons. The molecule has 19 heavy (non-hydrogen) atoms. The molecule has 0 amide bonds. The number of hydrogen-bond acceptors (Lipinski definition) is 1. The second-order valence-corrected chi connectivity index (χ2v) is 4.90. The second kappa shape index (κ2) is 5.73. The Hall–Kier alpha value is -2.04. The number of terminal acetylenes is 1. The van der Waals surface area contributed by atoms with Crippen LogP contribution in [0, 0.1) is 19.3 Å². The quantitative estimate of drug-likeness (QED) is 0.827. The van der Waals surface area contributed by atoms with Crippen molar-refractivity contribution in [1.82, 2.24) is 0 Å². The molecule has 1 nitrogen and oxygen atoms in total. The van der Waals surface area contributed by atoms with Gasteiger partial charge in [-0.1, -0.05) is 47.9 Å². The Morgan fingerprint density at radius 1 is 0.947 bits per heavy atom. The smallest absolute Gasteiger partial charge is 0.0621 e. The molecule has 1 heteroatoms. The summed E-state index contributed by atoms with van der Waals surface area (Å²) in [5.41, 5.74) is 4.28. The fraction of sp³-hybridized carbons (Fsp3) is 0.222. The maximum atomic E-state index is 10.1. The first kappa shape index (κ1) is 13.4. The summed E-state index contributed by atoms with van der Waals surface area (Å²) < 4.78 is 0. The zero-order chi connectivity index (χ0) is 13.8. The molecule has 0 fully saturated rings. The van der Waals surface area contributed by atoms with Gasteiger partial charge in [-0.05, 0) is 37.1 Å². The van der Waals surface area contributed by atoms with E-state index in [4.69, 9.17) is 6.42 Å². The highest BCUT2D eigenvalue weighted by Crippen LogP contribution is 2.28. The number of benzene rings is 2. The van der Waals surface area contributed by atoms with Gasteiger partial charge in [-0.15, -0.1) is 6.42 Å². The number of aliphatic hydroxyl groups excluding tert-OH is 1. The molecular formula is C18H18O. The molecule has 0 aliphatic heterocycles. The molecule has 1 N–H and O–H groups in total. The highest BCUT2D eigenvalue weighted by Gasteiger charge is 2.19. The monoisotopic (exact) mass is 250 g/mol. The first-order valence-corrected chi connectivity index (χ1v) is 6.43. The first-order valence-electron chi connectivity index (χ1n) is 6.43. The molecule has 2 aromatic rings. The van der Waals surface area contributed by atoms with Gasteiger partial charge in [0.1, 0.15) is 0 Å². The predicted octanol–water partition coefficient (Wildman–Crippen LogP) is 3.49. The molecule has 0 aromatic heterocycles. The number of aryl methyl sites for hydroxylation is 1. The van der Waals surface area contributed by atoms with Crippen LogP contribution in [0.5, 0.6) is 0 Å². The Bertz CT molecular complexity index is 571. The van der Waals surface area contributed by atoms with Gasteiger partial charge in [0.2, 0.25) is 0 Å². The van der Waals surface area contributed by atoms with Gasteiger partial charge in [0.25, 0.3) is 0 Å². The molecular weight excluding hydrogens is 232 g/mol. The highest BCUT2D eigenvalue weighted by molar-refractivity contribution is 5.40. The van der Waals surface area contributed by atoms with Gasteiger partial charge in [0, 0.05) is 11.5 Å². The summed E-state index contributed by atoms with van der Waals surface area (Å²) in [5.74, 6) is 2.59. The zero-order valence-corrected chi connectivity index (χ0v) is 11.3. The van der Waals surface area contributed by atoms with Gasteiger partial charge in [0.05, 0.1) is 6.10 Å². The molecule has 0 radical (unpaired) electrons. The molecule has 0 bridgehead atoms. The van der Waals surface area contributed by atoms with Crippen molar-refractivity contribution in [2.24, 2.45) is 0 Å². The number of aliphatic hydroxyl groups is 1. The minimum Gasteiger partial charge on any atom is -0.392 e. The normalized spacial score (nSPS) is 13.6. The Labute approximate surface area is 114 Å². The zero-order valence-electron chi connectivity index (χ0n) is 11.3. The van der Waals surface area contributed by atoms with Crippen molar-refractivity contribution in [3.8, 4) is 12.3 Å². The van der Waals surface area contributed by atoms with Crippen LogP contribution in [0.25, 0.3) is 0 Å². The van der Waals surface area contributed by atoms with Crippen LogP contribution in [0.15, 0.2) is 48.5 Å². The van der Waals surface area contributed by atoms with Gasteiger partial charge in [-0.2, -0.15) is 0 Å². The predicted molar refractivity (Wildman–Crippen MR) is 79.1 cm³/mol. The average Bonchev–Trinajstić information content (AvgIpc) is 2.42. The van der Waals surface area contributed by atoms with E-state index in [-0.39, 0.29) is 5.92 Å². The third-order valence-electron chi connectivity index (χ3n) is 3.36. The van der Waals surface area contributed by atoms with Crippen molar-refractivity contribution >= 4 is 0 Å². The van der Waals surface area contributed by atoms with Crippen molar-refractivity contribution < 1.29 is 5.11 Å². The summed E-state index contributed by atoms with van der Waals surface area (Å²) in [6, 6.07) is 16.1.